The minimum absolute atomic E-state index is 0.0419. The van der Waals surface area contributed by atoms with Crippen LogP contribution in [0.4, 0.5) is 4.39 Å². The summed E-state index contributed by atoms with van der Waals surface area (Å²) in [5.74, 6) is 1.05. The van der Waals surface area contributed by atoms with E-state index in [1.54, 1.807) is 0 Å². The molecule has 1 fully saturated rings. The summed E-state index contributed by atoms with van der Waals surface area (Å²) >= 11 is 0. The topological polar surface area (TPSA) is 9.23 Å². The summed E-state index contributed by atoms with van der Waals surface area (Å²) in [6.45, 7) is 2.11. The van der Waals surface area contributed by atoms with Crippen LogP contribution in [0.25, 0.3) is 0 Å². The van der Waals surface area contributed by atoms with Gasteiger partial charge >= 0.3 is 0 Å². The van der Waals surface area contributed by atoms with Gasteiger partial charge in [0, 0.05) is 5.92 Å². The number of fused-ring (bicyclic) bond motifs is 1. The largest absolute Gasteiger partial charge is 0.494 e. The van der Waals surface area contributed by atoms with Crippen molar-refractivity contribution in [1.29, 1.82) is 0 Å². The van der Waals surface area contributed by atoms with Crippen LogP contribution in [-0.4, -0.2) is 7.11 Å². The van der Waals surface area contributed by atoms with Gasteiger partial charge in [0.2, 0.25) is 0 Å². The quantitative estimate of drug-likeness (QED) is 0.616. The summed E-state index contributed by atoms with van der Waals surface area (Å²) in [5.41, 5.74) is 1.35. The zero-order chi connectivity index (χ0) is 8.72. The molecule has 2 rings (SSSR count). The van der Waals surface area contributed by atoms with Gasteiger partial charge in [0.25, 0.3) is 0 Å². The molecule has 0 aromatic heterocycles. The third kappa shape index (κ3) is 0.977. The molecular formula is C10H13FO. The zero-order valence-electron chi connectivity index (χ0n) is 7.43. The van der Waals surface area contributed by atoms with Crippen molar-refractivity contribution in [1.82, 2.24) is 0 Å². The molecule has 12 heavy (non-hydrogen) atoms. The predicted octanol–water partition coefficient (Wildman–Crippen LogP) is 2.80. The SMILES string of the molecule is CCC1=CC(OC)=C(F)C2CC12. The zero-order valence-corrected chi connectivity index (χ0v) is 7.43. The van der Waals surface area contributed by atoms with Crippen LogP contribution >= 0.6 is 0 Å². The van der Waals surface area contributed by atoms with Crippen LogP contribution < -0.4 is 0 Å². The van der Waals surface area contributed by atoms with Crippen molar-refractivity contribution < 1.29 is 9.13 Å². The van der Waals surface area contributed by atoms with Gasteiger partial charge in [0.05, 0.1) is 7.11 Å². The van der Waals surface area contributed by atoms with E-state index in [2.05, 4.69) is 6.92 Å². The van der Waals surface area contributed by atoms with Crippen molar-refractivity contribution in [3.8, 4) is 0 Å². The van der Waals surface area contributed by atoms with Gasteiger partial charge in [-0.15, -0.1) is 0 Å². The Morgan fingerprint density at radius 3 is 2.92 bits per heavy atom. The normalized spacial score (nSPS) is 32.8. The third-order valence-corrected chi connectivity index (χ3v) is 2.77. The van der Waals surface area contributed by atoms with Gasteiger partial charge in [-0.05, 0) is 24.8 Å². The Hall–Kier alpha value is -0.790. The standard InChI is InChI=1S/C10H13FO/c1-3-6-4-9(12-2)10(11)8-5-7(6)8/h4,7-8H,3,5H2,1-2H3. The molecule has 0 aliphatic heterocycles. The Morgan fingerprint density at radius 1 is 1.58 bits per heavy atom. The maximum atomic E-state index is 13.3. The molecule has 0 spiro atoms. The van der Waals surface area contributed by atoms with Crippen molar-refractivity contribution in [3.63, 3.8) is 0 Å². The number of allylic oxidation sites excluding steroid dienone is 3. The number of rotatable bonds is 2. The Kier molecular flexibility index (Phi) is 1.71. The van der Waals surface area contributed by atoms with E-state index in [0.717, 1.165) is 12.8 Å². The minimum Gasteiger partial charge on any atom is -0.494 e. The fraction of sp³-hybridized carbons (Fsp3) is 0.600. The van der Waals surface area contributed by atoms with Crippen LogP contribution in [0.3, 0.4) is 0 Å². The van der Waals surface area contributed by atoms with Crippen molar-refractivity contribution in [2.75, 3.05) is 7.11 Å². The van der Waals surface area contributed by atoms with Crippen molar-refractivity contribution >= 4 is 0 Å². The molecular weight excluding hydrogens is 155 g/mol. The molecule has 2 aliphatic rings. The highest BCUT2D eigenvalue weighted by atomic mass is 19.1. The first-order chi connectivity index (χ1) is 5.77. The van der Waals surface area contributed by atoms with Gasteiger partial charge < -0.3 is 4.74 Å². The lowest BCUT2D eigenvalue weighted by atomic mass is 10.0. The Bertz CT molecular complexity index is 265. The first-order valence-electron chi connectivity index (χ1n) is 4.42. The lowest BCUT2D eigenvalue weighted by Crippen LogP contribution is -2.00. The molecule has 2 heteroatoms. The van der Waals surface area contributed by atoms with Gasteiger partial charge in [0.15, 0.2) is 5.76 Å². The molecule has 0 bridgehead atoms. The van der Waals surface area contributed by atoms with Crippen LogP contribution in [0, 0.1) is 11.8 Å². The Balaban J connectivity index is 2.30. The summed E-state index contributed by atoms with van der Waals surface area (Å²) in [5, 5.41) is 0. The van der Waals surface area contributed by atoms with E-state index in [1.807, 2.05) is 6.08 Å². The van der Waals surface area contributed by atoms with E-state index in [0.29, 0.717) is 11.7 Å². The maximum absolute atomic E-state index is 13.3. The first kappa shape index (κ1) is 7.84. The fourth-order valence-corrected chi connectivity index (χ4v) is 1.93. The third-order valence-electron chi connectivity index (χ3n) is 2.77. The molecule has 0 radical (unpaired) electrons. The minimum atomic E-state index is -0.0419. The molecule has 0 amide bonds. The molecule has 1 saturated carbocycles. The first-order valence-corrected chi connectivity index (χ1v) is 4.42. The number of halogens is 1. The van der Waals surface area contributed by atoms with Gasteiger partial charge in [0.1, 0.15) is 5.83 Å². The number of hydrogen-bond acceptors (Lipinski definition) is 1. The summed E-state index contributed by atoms with van der Waals surface area (Å²) in [6, 6.07) is 0. The van der Waals surface area contributed by atoms with E-state index in [-0.39, 0.29) is 11.7 Å². The molecule has 0 heterocycles. The van der Waals surface area contributed by atoms with Gasteiger partial charge in [-0.2, -0.15) is 0 Å². The van der Waals surface area contributed by atoms with E-state index in [9.17, 15) is 4.39 Å². The van der Waals surface area contributed by atoms with Gasteiger partial charge in [-0.3, -0.25) is 0 Å². The molecule has 1 nitrogen and oxygen atoms in total. The summed E-state index contributed by atoms with van der Waals surface area (Å²) < 4.78 is 18.3. The molecule has 0 saturated heterocycles. The monoisotopic (exact) mass is 168 g/mol. The fourth-order valence-electron chi connectivity index (χ4n) is 1.93. The average Bonchev–Trinajstić information content (AvgIpc) is 2.85. The van der Waals surface area contributed by atoms with Crippen LogP contribution in [0.15, 0.2) is 23.2 Å². The molecule has 0 aromatic rings. The van der Waals surface area contributed by atoms with E-state index >= 15 is 0 Å². The summed E-state index contributed by atoms with van der Waals surface area (Å²) in [4.78, 5) is 0. The van der Waals surface area contributed by atoms with Gasteiger partial charge in [-0.25, -0.2) is 4.39 Å². The van der Waals surface area contributed by atoms with Gasteiger partial charge in [-0.1, -0.05) is 12.5 Å². The van der Waals surface area contributed by atoms with Crippen LogP contribution in [0.2, 0.25) is 0 Å². The molecule has 2 atom stereocenters. The second-order valence-corrected chi connectivity index (χ2v) is 3.44. The van der Waals surface area contributed by atoms with Crippen molar-refractivity contribution in [3.05, 3.63) is 23.2 Å². The highest BCUT2D eigenvalue weighted by molar-refractivity contribution is 5.36. The molecule has 2 unspecified atom stereocenters. The number of methoxy groups -OCH3 is 1. The summed E-state index contributed by atoms with van der Waals surface area (Å²) in [6.07, 6.45) is 3.86. The van der Waals surface area contributed by atoms with Crippen molar-refractivity contribution in [2.24, 2.45) is 11.8 Å². The van der Waals surface area contributed by atoms with Crippen LogP contribution in [0.1, 0.15) is 19.8 Å². The van der Waals surface area contributed by atoms with E-state index in [4.69, 9.17) is 4.74 Å². The Labute approximate surface area is 71.9 Å². The molecule has 66 valence electrons. The highest BCUT2D eigenvalue weighted by Crippen LogP contribution is 2.54. The molecule has 2 aliphatic carbocycles. The predicted molar refractivity (Wildman–Crippen MR) is 45.1 cm³/mol. The average molecular weight is 168 g/mol. The molecule has 0 N–H and O–H groups in total. The summed E-state index contributed by atoms with van der Waals surface area (Å²) in [7, 11) is 1.53. The Morgan fingerprint density at radius 2 is 2.33 bits per heavy atom. The lowest BCUT2D eigenvalue weighted by molar-refractivity contribution is 0.281. The molecule has 0 aromatic carbocycles. The number of hydrogen-bond donors (Lipinski definition) is 0. The van der Waals surface area contributed by atoms with Crippen molar-refractivity contribution in [2.45, 2.75) is 19.8 Å². The second kappa shape index (κ2) is 2.61. The number of ether oxygens (including phenoxy) is 1. The lowest BCUT2D eigenvalue weighted by Gasteiger charge is -2.12. The van der Waals surface area contributed by atoms with E-state index in [1.165, 1.54) is 12.7 Å². The van der Waals surface area contributed by atoms with E-state index < -0.39 is 0 Å². The maximum Gasteiger partial charge on any atom is 0.150 e. The van der Waals surface area contributed by atoms with Crippen LogP contribution in [0.5, 0.6) is 0 Å². The highest BCUT2D eigenvalue weighted by Gasteiger charge is 2.46. The smallest absolute Gasteiger partial charge is 0.150 e. The second-order valence-electron chi connectivity index (χ2n) is 3.44. The van der Waals surface area contributed by atoms with Crippen LogP contribution in [-0.2, 0) is 4.74 Å².